The molecule has 0 aromatic carbocycles. The van der Waals surface area contributed by atoms with Gasteiger partial charge in [0.15, 0.2) is 0 Å². The van der Waals surface area contributed by atoms with Gasteiger partial charge in [0.1, 0.15) is 5.82 Å². The number of nitrogens with zero attached hydrogens (tertiary/aromatic N) is 2. The largest absolute Gasteiger partial charge is 0.462 e. The monoisotopic (exact) mass is 272 g/mol. The first kappa shape index (κ1) is 13.8. The van der Waals surface area contributed by atoms with Crippen LogP contribution < -0.4 is 11.1 Å². The molecule has 6 heteroatoms. The van der Waals surface area contributed by atoms with Crippen LogP contribution in [0.3, 0.4) is 0 Å². The molecular weight excluding hydrogens is 256 g/mol. The van der Waals surface area contributed by atoms with E-state index in [0.29, 0.717) is 24.5 Å². The third-order valence-electron chi connectivity index (χ3n) is 2.67. The lowest BCUT2D eigenvalue weighted by Gasteiger charge is -2.11. The van der Waals surface area contributed by atoms with Gasteiger partial charge in [-0.1, -0.05) is 6.07 Å². The van der Waals surface area contributed by atoms with Crippen molar-refractivity contribution in [3.05, 3.63) is 47.9 Å². The van der Waals surface area contributed by atoms with Crippen LogP contribution in [0.1, 0.15) is 22.8 Å². The van der Waals surface area contributed by atoms with Crippen LogP contribution in [0.5, 0.6) is 0 Å². The van der Waals surface area contributed by atoms with Crippen LogP contribution in [0.25, 0.3) is 0 Å². The molecule has 0 radical (unpaired) electrons. The van der Waals surface area contributed by atoms with E-state index in [0.717, 1.165) is 5.56 Å². The van der Waals surface area contributed by atoms with Crippen molar-refractivity contribution in [2.75, 3.05) is 17.7 Å². The molecule has 0 saturated carbocycles. The number of nitrogens with one attached hydrogen (secondary N) is 1. The predicted molar refractivity (Wildman–Crippen MR) is 76.2 cm³/mol. The Kier molecular flexibility index (Phi) is 4.49. The number of carbonyl (C=O) groups excluding carboxylic acids is 1. The van der Waals surface area contributed by atoms with Gasteiger partial charge in [0.25, 0.3) is 0 Å². The Bertz CT molecular complexity index is 587. The normalized spacial score (nSPS) is 10.1. The highest BCUT2D eigenvalue weighted by Gasteiger charge is 2.14. The third kappa shape index (κ3) is 3.23. The summed E-state index contributed by atoms with van der Waals surface area (Å²) in [7, 11) is 0. The van der Waals surface area contributed by atoms with Crippen molar-refractivity contribution in [1.29, 1.82) is 0 Å². The zero-order valence-electron chi connectivity index (χ0n) is 11.2. The lowest BCUT2D eigenvalue weighted by atomic mass is 10.2. The van der Waals surface area contributed by atoms with Crippen molar-refractivity contribution in [2.24, 2.45) is 0 Å². The van der Waals surface area contributed by atoms with Gasteiger partial charge >= 0.3 is 5.97 Å². The van der Waals surface area contributed by atoms with E-state index in [1.165, 1.54) is 6.20 Å². The SMILES string of the molecule is CCOC(=O)c1ccnc(NCc2cccnc2)c1N. The Morgan fingerprint density at radius 2 is 2.25 bits per heavy atom. The second kappa shape index (κ2) is 6.51. The number of pyridine rings is 2. The Labute approximate surface area is 117 Å². The molecule has 0 unspecified atom stereocenters. The van der Waals surface area contributed by atoms with Crippen LogP contribution in [-0.4, -0.2) is 22.5 Å². The van der Waals surface area contributed by atoms with E-state index in [2.05, 4.69) is 15.3 Å². The molecule has 0 aliphatic rings. The molecule has 2 aromatic heterocycles. The van der Waals surface area contributed by atoms with Gasteiger partial charge in [0.05, 0.1) is 17.9 Å². The Hall–Kier alpha value is -2.63. The van der Waals surface area contributed by atoms with E-state index in [-0.39, 0.29) is 5.69 Å². The summed E-state index contributed by atoms with van der Waals surface area (Å²) < 4.78 is 4.94. The van der Waals surface area contributed by atoms with Gasteiger partial charge in [0.2, 0.25) is 0 Å². The molecule has 104 valence electrons. The first-order chi connectivity index (χ1) is 9.72. The fourth-order valence-corrected chi connectivity index (χ4v) is 1.69. The molecule has 0 aliphatic heterocycles. The summed E-state index contributed by atoms with van der Waals surface area (Å²) in [6, 6.07) is 5.33. The number of rotatable bonds is 5. The van der Waals surface area contributed by atoms with Crippen LogP contribution in [0.4, 0.5) is 11.5 Å². The van der Waals surface area contributed by atoms with Gasteiger partial charge in [-0.3, -0.25) is 4.98 Å². The maximum absolute atomic E-state index is 11.7. The molecular formula is C14H16N4O2. The molecule has 0 saturated heterocycles. The van der Waals surface area contributed by atoms with E-state index in [1.54, 1.807) is 25.4 Å². The highest BCUT2D eigenvalue weighted by molar-refractivity contribution is 5.97. The van der Waals surface area contributed by atoms with Crippen LogP contribution in [0.15, 0.2) is 36.8 Å². The molecule has 3 N–H and O–H groups in total. The number of hydrogen-bond donors (Lipinski definition) is 2. The number of aromatic nitrogens is 2. The minimum atomic E-state index is -0.447. The van der Waals surface area contributed by atoms with Crippen LogP contribution >= 0.6 is 0 Å². The van der Waals surface area contributed by atoms with Gasteiger partial charge in [-0.15, -0.1) is 0 Å². The Balaban J connectivity index is 2.12. The number of nitrogen functional groups attached to an aromatic ring is 1. The smallest absolute Gasteiger partial charge is 0.340 e. The summed E-state index contributed by atoms with van der Waals surface area (Å²) in [6.07, 6.45) is 4.98. The maximum Gasteiger partial charge on any atom is 0.340 e. The number of ether oxygens (including phenoxy) is 1. The fourth-order valence-electron chi connectivity index (χ4n) is 1.69. The van der Waals surface area contributed by atoms with Crippen LogP contribution in [0, 0.1) is 0 Å². The highest BCUT2D eigenvalue weighted by atomic mass is 16.5. The molecule has 0 aliphatic carbocycles. The molecule has 0 bridgehead atoms. The van der Waals surface area contributed by atoms with Crippen molar-refractivity contribution >= 4 is 17.5 Å². The maximum atomic E-state index is 11.7. The van der Waals surface area contributed by atoms with Crippen molar-refractivity contribution in [3.8, 4) is 0 Å². The second-order valence-corrected chi connectivity index (χ2v) is 4.06. The topological polar surface area (TPSA) is 90.1 Å². The van der Waals surface area contributed by atoms with Crippen molar-refractivity contribution in [3.63, 3.8) is 0 Å². The van der Waals surface area contributed by atoms with Crippen LogP contribution in [0.2, 0.25) is 0 Å². The molecule has 0 spiro atoms. The van der Waals surface area contributed by atoms with E-state index in [1.807, 2.05) is 12.1 Å². The average Bonchev–Trinajstić information content (AvgIpc) is 2.47. The number of nitrogens with two attached hydrogens (primary N) is 1. The van der Waals surface area contributed by atoms with Crippen molar-refractivity contribution in [2.45, 2.75) is 13.5 Å². The summed E-state index contributed by atoms with van der Waals surface area (Å²) in [4.78, 5) is 19.9. The minimum absolute atomic E-state index is 0.287. The number of carbonyl (C=O) groups is 1. The van der Waals surface area contributed by atoms with E-state index < -0.39 is 5.97 Å². The van der Waals surface area contributed by atoms with Gasteiger partial charge in [-0.05, 0) is 24.6 Å². The first-order valence-electron chi connectivity index (χ1n) is 6.26. The molecule has 6 nitrogen and oxygen atoms in total. The molecule has 0 amide bonds. The summed E-state index contributed by atoms with van der Waals surface area (Å²) in [5, 5.41) is 3.08. The first-order valence-corrected chi connectivity index (χ1v) is 6.26. The lowest BCUT2D eigenvalue weighted by molar-refractivity contribution is 0.0527. The Morgan fingerprint density at radius 3 is 2.95 bits per heavy atom. The third-order valence-corrected chi connectivity index (χ3v) is 2.67. The lowest BCUT2D eigenvalue weighted by Crippen LogP contribution is -2.12. The van der Waals surface area contributed by atoms with Gasteiger partial charge in [-0.25, -0.2) is 9.78 Å². The quantitative estimate of drug-likeness (QED) is 0.807. The minimum Gasteiger partial charge on any atom is -0.462 e. The second-order valence-electron chi connectivity index (χ2n) is 4.06. The standard InChI is InChI=1S/C14H16N4O2/c1-2-20-14(19)11-5-7-17-13(12(11)15)18-9-10-4-3-6-16-8-10/h3-8H,2,9,15H2,1H3,(H,17,18). The number of anilines is 2. The number of esters is 1. The predicted octanol–water partition coefficient (Wildman–Crippen LogP) is 1.85. The Morgan fingerprint density at radius 1 is 1.40 bits per heavy atom. The number of hydrogen-bond acceptors (Lipinski definition) is 6. The molecule has 2 rings (SSSR count). The fraction of sp³-hybridized carbons (Fsp3) is 0.214. The molecule has 2 heterocycles. The molecule has 0 atom stereocenters. The van der Waals surface area contributed by atoms with E-state index >= 15 is 0 Å². The molecule has 2 aromatic rings. The zero-order valence-corrected chi connectivity index (χ0v) is 11.2. The molecule has 20 heavy (non-hydrogen) atoms. The van der Waals surface area contributed by atoms with Gasteiger partial charge in [0, 0.05) is 25.1 Å². The van der Waals surface area contributed by atoms with E-state index in [9.17, 15) is 4.79 Å². The van der Waals surface area contributed by atoms with Crippen molar-refractivity contribution in [1.82, 2.24) is 9.97 Å². The summed E-state index contributed by atoms with van der Waals surface area (Å²) in [5.74, 6) is 0.0104. The summed E-state index contributed by atoms with van der Waals surface area (Å²) in [5.41, 5.74) is 7.54. The van der Waals surface area contributed by atoms with Gasteiger partial charge in [-0.2, -0.15) is 0 Å². The summed E-state index contributed by atoms with van der Waals surface area (Å²) in [6.45, 7) is 2.58. The zero-order chi connectivity index (χ0) is 14.4. The van der Waals surface area contributed by atoms with E-state index in [4.69, 9.17) is 10.5 Å². The average molecular weight is 272 g/mol. The molecule has 0 fully saturated rings. The highest BCUT2D eigenvalue weighted by Crippen LogP contribution is 2.21. The summed E-state index contributed by atoms with van der Waals surface area (Å²) >= 11 is 0. The van der Waals surface area contributed by atoms with Crippen LogP contribution in [-0.2, 0) is 11.3 Å². The van der Waals surface area contributed by atoms with Crippen molar-refractivity contribution < 1.29 is 9.53 Å². The van der Waals surface area contributed by atoms with Gasteiger partial charge < -0.3 is 15.8 Å².